The maximum Gasteiger partial charge on any atom is 0.310 e. The zero-order valence-corrected chi connectivity index (χ0v) is 13.3. The molecule has 0 heterocycles. The van der Waals surface area contributed by atoms with Crippen molar-refractivity contribution in [2.75, 3.05) is 26.9 Å². The van der Waals surface area contributed by atoms with Gasteiger partial charge in [-0.1, -0.05) is 17.7 Å². The Labute approximate surface area is 130 Å². The molecule has 0 spiro atoms. The monoisotopic (exact) mass is 309 g/mol. The number of methoxy groups -OCH3 is 1. The van der Waals surface area contributed by atoms with E-state index in [0.29, 0.717) is 18.9 Å². The van der Waals surface area contributed by atoms with Crippen LogP contribution in [0.1, 0.15) is 18.9 Å². The Hall–Kier alpha value is -2.08. The van der Waals surface area contributed by atoms with E-state index in [2.05, 4.69) is 5.32 Å². The van der Waals surface area contributed by atoms with Crippen LogP contribution in [0.3, 0.4) is 0 Å². The molecule has 6 nitrogen and oxygen atoms in total. The molecule has 0 saturated carbocycles. The second-order valence-electron chi connectivity index (χ2n) is 4.83. The van der Waals surface area contributed by atoms with Crippen LogP contribution in [0.15, 0.2) is 24.3 Å². The van der Waals surface area contributed by atoms with Gasteiger partial charge in [0.15, 0.2) is 6.10 Å². The lowest BCUT2D eigenvalue weighted by molar-refractivity contribution is -0.155. The molecule has 0 radical (unpaired) electrons. The summed E-state index contributed by atoms with van der Waals surface area (Å²) in [5.41, 5.74) is 1.14. The summed E-state index contributed by atoms with van der Waals surface area (Å²) in [7, 11) is 1.55. The molecule has 1 rings (SSSR count). The molecule has 0 unspecified atom stereocenters. The van der Waals surface area contributed by atoms with Gasteiger partial charge in [0.25, 0.3) is 5.91 Å². The number of ether oxygens (including phenoxy) is 3. The number of benzene rings is 1. The number of esters is 1. The average Bonchev–Trinajstić information content (AvgIpc) is 2.49. The van der Waals surface area contributed by atoms with E-state index in [0.717, 1.165) is 5.56 Å². The number of aryl methyl sites for hydroxylation is 1. The summed E-state index contributed by atoms with van der Waals surface area (Å²) in [6, 6.07) is 7.54. The first kappa shape index (κ1) is 18.0. The van der Waals surface area contributed by atoms with Crippen LogP contribution in [-0.2, 0) is 19.1 Å². The molecule has 6 heteroatoms. The molecule has 1 N–H and O–H groups in total. The molecule has 0 aliphatic carbocycles. The van der Waals surface area contributed by atoms with Crippen LogP contribution in [0, 0.1) is 6.92 Å². The summed E-state index contributed by atoms with van der Waals surface area (Å²) >= 11 is 0. The van der Waals surface area contributed by atoms with Gasteiger partial charge in [0.1, 0.15) is 5.75 Å². The minimum absolute atomic E-state index is 0.0869. The van der Waals surface area contributed by atoms with E-state index in [4.69, 9.17) is 14.2 Å². The van der Waals surface area contributed by atoms with Crippen molar-refractivity contribution in [2.45, 2.75) is 26.4 Å². The highest BCUT2D eigenvalue weighted by Gasteiger charge is 2.17. The molecular weight excluding hydrogens is 286 g/mol. The lowest BCUT2D eigenvalue weighted by atomic mass is 10.2. The summed E-state index contributed by atoms with van der Waals surface area (Å²) in [6.45, 7) is 4.52. The van der Waals surface area contributed by atoms with Crippen molar-refractivity contribution in [3.63, 3.8) is 0 Å². The SMILES string of the molecule is COCCNC(=O)[C@@H](C)OC(=O)CCOc1ccc(C)cc1. The van der Waals surface area contributed by atoms with E-state index in [9.17, 15) is 9.59 Å². The van der Waals surface area contributed by atoms with Gasteiger partial charge in [0.05, 0.1) is 19.6 Å². The highest BCUT2D eigenvalue weighted by Crippen LogP contribution is 2.11. The molecule has 1 aromatic rings. The van der Waals surface area contributed by atoms with Crippen LogP contribution in [0.4, 0.5) is 0 Å². The Kier molecular flexibility index (Phi) is 7.99. The molecule has 0 bridgehead atoms. The molecule has 1 amide bonds. The largest absolute Gasteiger partial charge is 0.493 e. The summed E-state index contributed by atoms with van der Waals surface area (Å²) in [6.07, 6.45) is -0.743. The quantitative estimate of drug-likeness (QED) is 0.552. The Bertz CT molecular complexity index is 472. The van der Waals surface area contributed by atoms with Crippen LogP contribution in [-0.4, -0.2) is 44.8 Å². The zero-order chi connectivity index (χ0) is 16.4. The Morgan fingerprint density at radius 1 is 1.18 bits per heavy atom. The van der Waals surface area contributed by atoms with Gasteiger partial charge in [0, 0.05) is 13.7 Å². The van der Waals surface area contributed by atoms with Crippen LogP contribution in [0.5, 0.6) is 5.75 Å². The number of amides is 1. The van der Waals surface area contributed by atoms with E-state index in [1.54, 1.807) is 7.11 Å². The second-order valence-corrected chi connectivity index (χ2v) is 4.83. The Morgan fingerprint density at radius 2 is 1.86 bits per heavy atom. The topological polar surface area (TPSA) is 73.9 Å². The number of rotatable bonds is 9. The predicted octanol–water partition coefficient (Wildman–Crippen LogP) is 1.46. The van der Waals surface area contributed by atoms with E-state index >= 15 is 0 Å². The lowest BCUT2D eigenvalue weighted by Crippen LogP contribution is -2.37. The van der Waals surface area contributed by atoms with Gasteiger partial charge < -0.3 is 19.5 Å². The van der Waals surface area contributed by atoms with E-state index in [1.165, 1.54) is 6.92 Å². The third-order valence-electron chi connectivity index (χ3n) is 2.88. The smallest absolute Gasteiger partial charge is 0.310 e. The molecule has 22 heavy (non-hydrogen) atoms. The molecule has 0 fully saturated rings. The van der Waals surface area contributed by atoms with Crippen molar-refractivity contribution in [3.8, 4) is 5.75 Å². The van der Waals surface area contributed by atoms with E-state index in [1.807, 2.05) is 31.2 Å². The van der Waals surface area contributed by atoms with E-state index < -0.39 is 12.1 Å². The molecule has 1 atom stereocenters. The Morgan fingerprint density at radius 3 is 2.50 bits per heavy atom. The van der Waals surface area contributed by atoms with Gasteiger partial charge in [-0.3, -0.25) is 9.59 Å². The van der Waals surface area contributed by atoms with Crippen LogP contribution < -0.4 is 10.1 Å². The second kappa shape index (κ2) is 9.78. The molecule has 0 aromatic heterocycles. The first-order chi connectivity index (χ1) is 10.5. The normalized spacial score (nSPS) is 11.6. The fraction of sp³-hybridized carbons (Fsp3) is 0.500. The van der Waals surface area contributed by atoms with Gasteiger partial charge in [0.2, 0.25) is 0 Å². The molecular formula is C16H23NO5. The van der Waals surface area contributed by atoms with Gasteiger partial charge in [-0.15, -0.1) is 0 Å². The lowest BCUT2D eigenvalue weighted by Gasteiger charge is -2.13. The van der Waals surface area contributed by atoms with Crippen molar-refractivity contribution in [1.82, 2.24) is 5.32 Å². The minimum Gasteiger partial charge on any atom is -0.493 e. The zero-order valence-electron chi connectivity index (χ0n) is 13.3. The van der Waals surface area contributed by atoms with Gasteiger partial charge in [-0.25, -0.2) is 0 Å². The maximum atomic E-state index is 11.6. The number of carbonyl (C=O) groups is 2. The van der Waals surface area contributed by atoms with Gasteiger partial charge >= 0.3 is 5.97 Å². The van der Waals surface area contributed by atoms with Gasteiger partial charge in [-0.2, -0.15) is 0 Å². The summed E-state index contributed by atoms with van der Waals surface area (Å²) in [5.74, 6) is -0.116. The number of hydrogen-bond donors (Lipinski definition) is 1. The standard InChI is InChI=1S/C16H23NO5/c1-12-4-6-14(7-5-12)21-10-8-15(18)22-13(2)16(19)17-9-11-20-3/h4-7,13H,8-11H2,1-3H3,(H,17,19)/t13-/m1/s1. The van der Waals surface area contributed by atoms with E-state index in [-0.39, 0.29) is 18.9 Å². The first-order valence-electron chi connectivity index (χ1n) is 7.18. The highest BCUT2D eigenvalue weighted by molar-refractivity contribution is 5.83. The van der Waals surface area contributed by atoms with Crippen LogP contribution in [0.2, 0.25) is 0 Å². The number of nitrogens with one attached hydrogen (secondary N) is 1. The fourth-order valence-corrected chi connectivity index (χ4v) is 1.62. The van der Waals surface area contributed by atoms with Crippen LogP contribution >= 0.6 is 0 Å². The summed E-state index contributed by atoms with van der Waals surface area (Å²) in [4.78, 5) is 23.2. The number of carbonyl (C=O) groups excluding carboxylic acids is 2. The number of hydrogen-bond acceptors (Lipinski definition) is 5. The molecule has 0 aliphatic heterocycles. The molecule has 0 saturated heterocycles. The summed E-state index contributed by atoms with van der Waals surface area (Å²) in [5, 5.41) is 2.60. The van der Waals surface area contributed by atoms with Crippen molar-refractivity contribution in [1.29, 1.82) is 0 Å². The van der Waals surface area contributed by atoms with Gasteiger partial charge in [-0.05, 0) is 26.0 Å². The van der Waals surface area contributed by atoms with Crippen molar-refractivity contribution >= 4 is 11.9 Å². The van der Waals surface area contributed by atoms with Crippen LogP contribution in [0.25, 0.3) is 0 Å². The van der Waals surface area contributed by atoms with Crippen molar-refractivity contribution < 1.29 is 23.8 Å². The van der Waals surface area contributed by atoms with Crippen molar-refractivity contribution in [2.24, 2.45) is 0 Å². The summed E-state index contributed by atoms with van der Waals surface area (Å²) < 4.78 is 15.3. The predicted molar refractivity (Wildman–Crippen MR) is 81.7 cm³/mol. The molecule has 0 aliphatic rings. The average molecular weight is 309 g/mol. The molecule has 1 aromatic carbocycles. The minimum atomic E-state index is -0.830. The molecule has 122 valence electrons. The maximum absolute atomic E-state index is 11.6. The third-order valence-corrected chi connectivity index (χ3v) is 2.88. The highest BCUT2D eigenvalue weighted by atomic mass is 16.5. The first-order valence-corrected chi connectivity index (χ1v) is 7.18. The third kappa shape index (κ3) is 7.08. The fourth-order valence-electron chi connectivity index (χ4n) is 1.62. The van der Waals surface area contributed by atoms with Crippen molar-refractivity contribution in [3.05, 3.63) is 29.8 Å². The Balaban J connectivity index is 2.22.